The van der Waals surface area contributed by atoms with Crippen molar-refractivity contribution < 1.29 is 13.9 Å². The molecule has 0 saturated carbocycles. The van der Waals surface area contributed by atoms with Gasteiger partial charge >= 0.3 is 0 Å². The molecule has 0 unspecified atom stereocenters. The number of benzene rings is 1. The van der Waals surface area contributed by atoms with Gasteiger partial charge in [0.1, 0.15) is 5.82 Å². The number of hydrogen-bond acceptors (Lipinski definition) is 2. The minimum absolute atomic E-state index is 0.0166. The Morgan fingerprint density at radius 1 is 1.41 bits per heavy atom. The molecule has 1 aromatic carbocycles. The number of primary amides is 1. The Kier molecular flexibility index (Phi) is 3.43. The van der Waals surface area contributed by atoms with Gasteiger partial charge in [0.05, 0.1) is 5.56 Å². The van der Waals surface area contributed by atoms with Gasteiger partial charge in [0.15, 0.2) is 0 Å². The highest BCUT2D eigenvalue weighted by Gasteiger charge is 2.20. The van der Waals surface area contributed by atoms with Crippen LogP contribution in [0.25, 0.3) is 0 Å². The van der Waals surface area contributed by atoms with E-state index in [4.69, 9.17) is 10.5 Å². The lowest BCUT2D eigenvalue weighted by Crippen LogP contribution is -2.18. The molecule has 0 atom stereocenters. The second-order valence-corrected chi connectivity index (χ2v) is 4.44. The van der Waals surface area contributed by atoms with Gasteiger partial charge in [0, 0.05) is 13.2 Å². The second kappa shape index (κ2) is 4.84. The highest BCUT2D eigenvalue weighted by Crippen LogP contribution is 2.30. The zero-order valence-corrected chi connectivity index (χ0v) is 9.83. The number of hydrogen-bond donors (Lipinski definition) is 1. The van der Waals surface area contributed by atoms with Crippen LogP contribution in [0.2, 0.25) is 0 Å². The van der Waals surface area contributed by atoms with E-state index < -0.39 is 11.7 Å². The van der Waals surface area contributed by atoms with Crippen LogP contribution >= 0.6 is 0 Å². The third kappa shape index (κ3) is 2.47. The summed E-state index contributed by atoms with van der Waals surface area (Å²) in [6.45, 7) is 3.29. The van der Waals surface area contributed by atoms with Crippen LogP contribution < -0.4 is 5.73 Å². The summed E-state index contributed by atoms with van der Waals surface area (Å²) in [6, 6.07) is 2.99. The van der Waals surface area contributed by atoms with Crippen molar-refractivity contribution >= 4 is 5.91 Å². The molecule has 92 valence electrons. The molecular weight excluding hydrogens is 221 g/mol. The van der Waals surface area contributed by atoms with Crippen LogP contribution in [-0.2, 0) is 4.74 Å². The van der Waals surface area contributed by atoms with Crippen LogP contribution in [0.1, 0.15) is 40.2 Å². The van der Waals surface area contributed by atoms with E-state index in [9.17, 15) is 9.18 Å². The lowest BCUT2D eigenvalue weighted by Gasteiger charge is -2.24. The highest BCUT2D eigenvalue weighted by atomic mass is 19.1. The summed E-state index contributed by atoms with van der Waals surface area (Å²) in [5.74, 6) is -0.913. The van der Waals surface area contributed by atoms with Crippen molar-refractivity contribution in [2.75, 3.05) is 13.2 Å². The lowest BCUT2D eigenvalue weighted by molar-refractivity contribution is 0.0851. The SMILES string of the molecule is Cc1cc(F)c(C(N)=O)cc1C1CCOCC1. The monoisotopic (exact) mass is 237 g/mol. The molecule has 0 radical (unpaired) electrons. The van der Waals surface area contributed by atoms with Crippen molar-refractivity contribution in [2.24, 2.45) is 5.73 Å². The Bertz CT molecular complexity index is 439. The van der Waals surface area contributed by atoms with Crippen molar-refractivity contribution in [3.63, 3.8) is 0 Å². The normalized spacial score (nSPS) is 17.1. The van der Waals surface area contributed by atoms with Crippen LogP contribution in [0.5, 0.6) is 0 Å². The van der Waals surface area contributed by atoms with E-state index in [-0.39, 0.29) is 5.56 Å². The number of aryl methyl sites for hydroxylation is 1. The lowest BCUT2D eigenvalue weighted by atomic mass is 9.87. The van der Waals surface area contributed by atoms with Gasteiger partial charge < -0.3 is 10.5 Å². The van der Waals surface area contributed by atoms with E-state index in [0.717, 1.165) is 24.0 Å². The summed E-state index contributed by atoms with van der Waals surface area (Å²) < 4.78 is 18.8. The van der Waals surface area contributed by atoms with Gasteiger partial charge in [0.2, 0.25) is 0 Å². The minimum Gasteiger partial charge on any atom is -0.381 e. The predicted molar refractivity (Wildman–Crippen MR) is 62.4 cm³/mol. The van der Waals surface area contributed by atoms with E-state index in [1.807, 2.05) is 6.92 Å². The smallest absolute Gasteiger partial charge is 0.251 e. The summed E-state index contributed by atoms with van der Waals surface area (Å²) in [7, 11) is 0. The fourth-order valence-electron chi connectivity index (χ4n) is 2.33. The van der Waals surface area contributed by atoms with Crippen molar-refractivity contribution in [2.45, 2.75) is 25.7 Å². The third-order valence-electron chi connectivity index (χ3n) is 3.28. The molecular formula is C13H16FNO2. The topological polar surface area (TPSA) is 52.3 Å². The molecule has 1 amide bonds. The number of carbonyl (C=O) groups is 1. The molecule has 17 heavy (non-hydrogen) atoms. The van der Waals surface area contributed by atoms with Gasteiger partial charge in [-0.15, -0.1) is 0 Å². The largest absolute Gasteiger partial charge is 0.381 e. The summed E-state index contributed by atoms with van der Waals surface area (Å²) >= 11 is 0. The summed E-state index contributed by atoms with van der Waals surface area (Å²) in [5, 5.41) is 0. The van der Waals surface area contributed by atoms with Gasteiger partial charge in [-0.2, -0.15) is 0 Å². The first kappa shape index (κ1) is 12.0. The molecule has 1 fully saturated rings. The number of rotatable bonds is 2. The van der Waals surface area contributed by atoms with Gasteiger partial charge in [-0.3, -0.25) is 4.79 Å². The zero-order valence-electron chi connectivity index (χ0n) is 9.83. The highest BCUT2D eigenvalue weighted by molar-refractivity contribution is 5.93. The minimum atomic E-state index is -0.712. The Morgan fingerprint density at radius 3 is 2.65 bits per heavy atom. The first-order chi connectivity index (χ1) is 8.09. The molecule has 1 heterocycles. The standard InChI is InChI=1S/C13H16FNO2/c1-8-6-12(14)11(13(15)16)7-10(8)9-2-4-17-5-3-9/h6-7,9H,2-5H2,1H3,(H2,15,16). The van der Waals surface area contributed by atoms with Crippen LogP contribution in [0.4, 0.5) is 4.39 Å². The van der Waals surface area contributed by atoms with Gasteiger partial charge in [-0.1, -0.05) is 0 Å². The summed E-state index contributed by atoms with van der Waals surface area (Å²) in [4.78, 5) is 11.1. The van der Waals surface area contributed by atoms with E-state index in [1.165, 1.54) is 6.07 Å². The quantitative estimate of drug-likeness (QED) is 0.856. The average Bonchev–Trinajstić information content (AvgIpc) is 2.29. The molecule has 0 bridgehead atoms. The molecule has 4 heteroatoms. The number of amides is 1. The van der Waals surface area contributed by atoms with Crippen molar-refractivity contribution in [1.82, 2.24) is 0 Å². The van der Waals surface area contributed by atoms with E-state index >= 15 is 0 Å². The predicted octanol–water partition coefficient (Wildman–Crippen LogP) is 2.13. The molecule has 1 saturated heterocycles. The van der Waals surface area contributed by atoms with E-state index in [1.54, 1.807) is 6.07 Å². The summed E-state index contributed by atoms with van der Waals surface area (Å²) in [6.07, 6.45) is 1.81. The van der Waals surface area contributed by atoms with Crippen LogP contribution in [0.3, 0.4) is 0 Å². The zero-order chi connectivity index (χ0) is 12.4. The van der Waals surface area contributed by atoms with Gasteiger partial charge in [-0.05, 0) is 48.9 Å². The Morgan fingerprint density at radius 2 is 2.06 bits per heavy atom. The van der Waals surface area contributed by atoms with Crippen LogP contribution in [-0.4, -0.2) is 19.1 Å². The summed E-state index contributed by atoms with van der Waals surface area (Å²) in [5.41, 5.74) is 7.03. The van der Waals surface area contributed by atoms with E-state index in [0.29, 0.717) is 19.1 Å². The number of halogens is 1. The van der Waals surface area contributed by atoms with Crippen LogP contribution in [0, 0.1) is 12.7 Å². The number of nitrogens with two attached hydrogens (primary N) is 1. The Balaban J connectivity index is 2.38. The molecule has 0 aliphatic carbocycles. The van der Waals surface area contributed by atoms with E-state index in [2.05, 4.69) is 0 Å². The maximum Gasteiger partial charge on any atom is 0.251 e. The molecule has 1 aromatic rings. The van der Waals surface area contributed by atoms with Gasteiger partial charge in [0.25, 0.3) is 5.91 Å². The molecule has 0 spiro atoms. The molecule has 1 aliphatic heterocycles. The molecule has 3 nitrogen and oxygen atoms in total. The molecule has 1 aliphatic rings. The molecule has 0 aromatic heterocycles. The Hall–Kier alpha value is -1.42. The van der Waals surface area contributed by atoms with Gasteiger partial charge in [-0.25, -0.2) is 4.39 Å². The fourth-order valence-corrected chi connectivity index (χ4v) is 2.33. The van der Waals surface area contributed by atoms with Crippen molar-refractivity contribution in [3.8, 4) is 0 Å². The average molecular weight is 237 g/mol. The maximum atomic E-state index is 13.5. The first-order valence-corrected chi connectivity index (χ1v) is 5.77. The van der Waals surface area contributed by atoms with Crippen LogP contribution in [0.15, 0.2) is 12.1 Å². The van der Waals surface area contributed by atoms with Crippen molar-refractivity contribution in [1.29, 1.82) is 0 Å². The second-order valence-electron chi connectivity index (χ2n) is 4.44. The van der Waals surface area contributed by atoms with Crippen molar-refractivity contribution in [3.05, 3.63) is 34.6 Å². The Labute approximate surface area is 99.8 Å². The third-order valence-corrected chi connectivity index (χ3v) is 3.28. The number of carbonyl (C=O) groups excluding carboxylic acids is 1. The number of ether oxygens (including phenoxy) is 1. The molecule has 2 N–H and O–H groups in total. The maximum absolute atomic E-state index is 13.5. The fraction of sp³-hybridized carbons (Fsp3) is 0.462. The molecule has 2 rings (SSSR count). The first-order valence-electron chi connectivity index (χ1n) is 5.77.